The molecule has 1 saturated heterocycles. The van der Waals surface area contributed by atoms with Crippen molar-refractivity contribution in [3.05, 3.63) is 77.4 Å². The van der Waals surface area contributed by atoms with Crippen molar-refractivity contribution in [2.24, 2.45) is 0 Å². The fraction of sp³-hybridized carbons (Fsp3) is 0.375. The summed E-state index contributed by atoms with van der Waals surface area (Å²) in [5.74, 6) is 0. The lowest BCUT2D eigenvalue weighted by Crippen LogP contribution is -2.53. The standard InChI is InChI=1S/C24H24N2O/c25-17-24(10-11-24)21-8-6-19(7-9-21)20-12-22-15-27-16-23(13-20)26(22)14-18-4-2-1-3-5-18/h1-9,12,22-23H,10-11,13-16H2. The molecule has 1 aliphatic carbocycles. The molecule has 3 aliphatic rings. The van der Waals surface area contributed by atoms with Crippen LogP contribution in [0.15, 0.2) is 60.7 Å². The van der Waals surface area contributed by atoms with E-state index in [-0.39, 0.29) is 5.41 Å². The van der Waals surface area contributed by atoms with Crippen LogP contribution in [-0.2, 0) is 16.7 Å². The maximum atomic E-state index is 9.41. The molecule has 5 rings (SSSR count). The first kappa shape index (κ1) is 16.7. The topological polar surface area (TPSA) is 36.3 Å². The van der Waals surface area contributed by atoms with Gasteiger partial charge in [-0.1, -0.05) is 60.7 Å². The summed E-state index contributed by atoms with van der Waals surface area (Å²) < 4.78 is 5.85. The van der Waals surface area contributed by atoms with Crippen LogP contribution >= 0.6 is 0 Å². The Hall–Kier alpha value is -2.41. The molecule has 0 radical (unpaired) electrons. The Labute approximate surface area is 160 Å². The van der Waals surface area contributed by atoms with Gasteiger partial charge in [-0.25, -0.2) is 0 Å². The van der Waals surface area contributed by atoms with E-state index in [2.05, 4.69) is 71.6 Å². The first-order chi connectivity index (χ1) is 13.3. The Morgan fingerprint density at radius 2 is 1.81 bits per heavy atom. The van der Waals surface area contributed by atoms with Gasteiger partial charge in [-0.05, 0) is 41.5 Å². The Bertz CT molecular complexity index is 890. The first-order valence-electron chi connectivity index (χ1n) is 9.88. The van der Waals surface area contributed by atoms with Crippen LogP contribution in [0.5, 0.6) is 0 Å². The molecule has 2 heterocycles. The number of hydrogen-bond acceptors (Lipinski definition) is 3. The van der Waals surface area contributed by atoms with E-state index in [0.717, 1.165) is 39.0 Å². The van der Waals surface area contributed by atoms with Crippen molar-refractivity contribution in [2.75, 3.05) is 13.2 Å². The summed E-state index contributed by atoms with van der Waals surface area (Å²) in [7, 11) is 0. The van der Waals surface area contributed by atoms with Crippen LogP contribution in [0.3, 0.4) is 0 Å². The highest BCUT2D eigenvalue weighted by atomic mass is 16.5. The maximum Gasteiger partial charge on any atom is 0.0823 e. The SMILES string of the molecule is N#CC1(c2ccc(C3=CC4COCC(C3)N4Cc3ccccc3)cc2)CC1. The molecule has 2 aromatic rings. The van der Waals surface area contributed by atoms with Gasteiger partial charge >= 0.3 is 0 Å². The lowest BCUT2D eigenvalue weighted by Gasteiger charge is -2.45. The highest BCUT2D eigenvalue weighted by Crippen LogP contribution is 2.47. The van der Waals surface area contributed by atoms with E-state index in [9.17, 15) is 5.26 Å². The zero-order chi connectivity index (χ0) is 18.3. The van der Waals surface area contributed by atoms with Crippen LogP contribution in [0.1, 0.15) is 36.0 Å². The van der Waals surface area contributed by atoms with Crippen LogP contribution in [-0.4, -0.2) is 30.2 Å². The molecule has 0 amide bonds. The molecule has 0 N–H and O–H groups in total. The zero-order valence-corrected chi connectivity index (χ0v) is 15.5. The highest BCUT2D eigenvalue weighted by molar-refractivity contribution is 5.68. The van der Waals surface area contributed by atoms with Gasteiger partial charge in [0.2, 0.25) is 0 Å². The third-order valence-corrected chi connectivity index (χ3v) is 6.32. The molecule has 2 aromatic carbocycles. The number of nitriles is 1. The van der Waals surface area contributed by atoms with E-state index in [1.165, 1.54) is 22.3 Å². The van der Waals surface area contributed by atoms with E-state index in [1.54, 1.807) is 0 Å². The molecule has 2 atom stereocenters. The zero-order valence-electron chi connectivity index (χ0n) is 15.5. The van der Waals surface area contributed by atoms with Crippen molar-refractivity contribution < 1.29 is 4.74 Å². The minimum atomic E-state index is -0.198. The average Bonchev–Trinajstić information content (AvgIpc) is 3.50. The Balaban J connectivity index is 1.38. The van der Waals surface area contributed by atoms with Crippen LogP contribution in [0.4, 0.5) is 0 Å². The molecular weight excluding hydrogens is 332 g/mol. The van der Waals surface area contributed by atoms with Gasteiger partial charge < -0.3 is 4.74 Å². The summed E-state index contributed by atoms with van der Waals surface area (Å²) in [4.78, 5) is 2.59. The third kappa shape index (κ3) is 3.10. The number of rotatable bonds is 4. The number of nitrogens with zero attached hydrogens (tertiary/aromatic N) is 2. The fourth-order valence-corrected chi connectivity index (χ4v) is 4.51. The molecular formula is C24H24N2O. The van der Waals surface area contributed by atoms with E-state index in [0.29, 0.717) is 12.1 Å². The van der Waals surface area contributed by atoms with Gasteiger partial charge in [0, 0.05) is 12.6 Å². The van der Waals surface area contributed by atoms with Gasteiger partial charge in [0.05, 0.1) is 30.7 Å². The number of hydrogen-bond donors (Lipinski definition) is 0. The third-order valence-electron chi connectivity index (χ3n) is 6.32. The summed E-state index contributed by atoms with van der Waals surface area (Å²) in [6.07, 6.45) is 5.42. The maximum absolute atomic E-state index is 9.41. The van der Waals surface area contributed by atoms with Crippen LogP contribution < -0.4 is 0 Å². The molecule has 0 aromatic heterocycles. The van der Waals surface area contributed by atoms with Crippen molar-refractivity contribution in [1.29, 1.82) is 5.26 Å². The molecule has 27 heavy (non-hydrogen) atoms. The lowest BCUT2D eigenvalue weighted by molar-refractivity contribution is -0.0402. The Kier molecular flexibility index (Phi) is 4.11. The van der Waals surface area contributed by atoms with Crippen LogP contribution in [0, 0.1) is 11.3 Å². The average molecular weight is 356 g/mol. The summed E-state index contributed by atoms with van der Waals surface area (Å²) in [5.41, 5.74) is 5.06. The van der Waals surface area contributed by atoms with E-state index >= 15 is 0 Å². The van der Waals surface area contributed by atoms with Gasteiger partial charge in [0.1, 0.15) is 0 Å². The molecule has 2 bridgehead atoms. The van der Waals surface area contributed by atoms with Gasteiger partial charge in [-0.15, -0.1) is 0 Å². The second-order valence-electron chi connectivity index (χ2n) is 8.08. The number of benzene rings is 2. The summed E-state index contributed by atoms with van der Waals surface area (Å²) in [5, 5.41) is 9.41. The number of ether oxygens (including phenoxy) is 1. The Morgan fingerprint density at radius 3 is 2.48 bits per heavy atom. The van der Waals surface area contributed by atoms with E-state index < -0.39 is 0 Å². The fourth-order valence-electron chi connectivity index (χ4n) is 4.51. The second-order valence-corrected chi connectivity index (χ2v) is 8.08. The lowest BCUT2D eigenvalue weighted by atomic mass is 9.88. The molecule has 2 fully saturated rings. The predicted molar refractivity (Wildman–Crippen MR) is 106 cm³/mol. The van der Waals surface area contributed by atoms with Crippen molar-refractivity contribution in [3.63, 3.8) is 0 Å². The molecule has 1 saturated carbocycles. The van der Waals surface area contributed by atoms with Gasteiger partial charge in [-0.2, -0.15) is 5.26 Å². The summed E-state index contributed by atoms with van der Waals surface area (Å²) in [6, 6.07) is 22.7. The molecule has 3 nitrogen and oxygen atoms in total. The molecule has 2 unspecified atom stereocenters. The van der Waals surface area contributed by atoms with Crippen molar-refractivity contribution >= 4 is 5.57 Å². The van der Waals surface area contributed by atoms with E-state index in [1.807, 2.05) is 0 Å². The van der Waals surface area contributed by atoms with Crippen LogP contribution in [0.2, 0.25) is 0 Å². The van der Waals surface area contributed by atoms with Crippen molar-refractivity contribution in [1.82, 2.24) is 4.90 Å². The minimum Gasteiger partial charge on any atom is -0.378 e. The van der Waals surface area contributed by atoms with E-state index in [4.69, 9.17) is 4.74 Å². The van der Waals surface area contributed by atoms with Crippen LogP contribution in [0.25, 0.3) is 5.57 Å². The molecule has 0 spiro atoms. The quantitative estimate of drug-likeness (QED) is 0.819. The molecule has 2 aliphatic heterocycles. The summed E-state index contributed by atoms with van der Waals surface area (Å²) >= 11 is 0. The minimum absolute atomic E-state index is 0.198. The monoisotopic (exact) mass is 356 g/mol. The molecule has 3 heteroatoms. The van der Waals surface area contributed by atoms with Gasteiger partial charge in [0.15, 0.2) is 0 Å². The largest absolute Gasteiger partial charge is 0.378 e. The Morgan fingerprint density at radius 1 is 1.04 bits per heavy atom. The second kappa shape index (κ2) is 6.64. The normalized spacial score (nSPS) is 26.1. The number of morpholine rings is 1. The van der Waals surface area contributed by atoms with Gasteiger partial charge in [-0.3, -0.25) is 4.90 Å². The smallest absolute Gasteiger partial charge is 0.0823 e. The highest BCUT2D eigenvalue weighted by Gasteiger charge is 2.44. The predicted octanol–water partition coefficient (Wildman–Crippen LogP) is 4.30. The van der Waals surface area contributed by atoms with Gasteiger partial charge in [0.25, 0.3) is 0 Å². The first-order valence-corrected chi connectivity index (χ1v) is 9.88. The molecule has 136 valence electrons. The van der Waals surface area contributed by atoms with Crippen molar-refractivity contribution in [3.8, 4) is 6.07 Å². The summed E-state index contributed by atoms with van der Waals surface area (Å²) in [6.45, 7) is 2.55. The van der Waals surface area contributed by atoms with Crippen molar-refractivity contribution in [2.45, 2.75) is 43.3 Å². The number of fused-ring (bicyclic) bond motifs is 2.